The monoisotopic (exact) mass is 420 g/mol. The molecular weight excluding hydrogens is 396 g/mol. The molecule has 3 aromatic rings. The molecule has 5 nitrogen and oxygen atoms in total. The molecule has 6 heteroatoms. The number of nitrogens with one attached hydrogen (secondary N) is 1. The smallest absolute Gasteiger partial charge is 0.274 e. The summed E-state index contributed by atoms with van der Waals surface area (Å²) in [4.78, 5) is 17.5. The third-order valence-corrected chi connectivity index (χ3v) is 5.65. The molecule has 0 saturated carbocycles. The lowest BCUT2D eigenvalue weighted by atomic mass is 9.98. The molecule has 0 bridgehead atoms. The van der Waals surface area contributed by atoms with Crippen molar-refractivity contribution in [2.75, 3.05) is 5.32 Å². The maximum absolute atomic E-state index is 12.8. The number of benzene rings is 2. The van der Waals surface area contributed by atoms with Crippen LogP contribution in [0.3, 0.4) is 0 Å². The molecule has 0 fully saturated rings. The normalized spacial score (nSPS) is 13.4. The van der Waals surface area contributed by atoms with Gasteiger partial charge in [0.1, 0.15) is 5.82 Å². The molecule has 30 heavy (non-hydrogen) atoms. The Balaban J connectivity index is 1.62. The summed E-state index contributed by atoms with van der Waals surface area (Å²) in [5, 5.41) is 8.64. The fourth-order valence-electron chi connectivity index (χ4n) is 3.75. The first-order valence-electron chi connectivity index (χ1n) is 10.3. The molecule has 0 saturated heterocycles. The van der Waals surface area contributed by atoms with E-state index in [9.17, 15) is 4.79 Å². The molecule has 1 aliphatic rings. The van der Waals surface area contributed by atoms with Crippen LogP contribution in [0.5, 0.6) is 0 Å². The largest absolute Gasteiger partial charge is 0.379 e. The summed E-state index contributed by atoms with van der Waals surface area (Å²) in [5.74, 6) is 0.711. The van der Waals surface area contributed by atoms with Crippen LogP contribution in [-0.4, -0.2) is 15.4 Å². The molecule has 4 rings (SSSR count). The number of nitrogens with zero attached hydrogens (tertiary/aromatic N) is 3. The van der Waals surface area contributed by atoms with Crippen LogP contribution >= 0.6 is 11.6 Å². The molecule has 154 valence electrons. The third kappa shape index (κ3) is 4.46. The molecular formula is C24H25ClN4O. The van der Waals surface area contributed by atoms with Gasteiger partial charge in [-0.1, -0.05) is 36.7 Å². The number of anilines is 1. The molecule has 0 amide bonds. The van der Waals surface area contributed by atoms with Crippen molar-refractivity contribution < 1.29 is 0 Å². The fourth-order valence-corrected chi connectivity index (χ4v) is 3.94. The Morgan fingerprint density at radius 2 is 2.00 bits per heavy atom. The van der Waals surface area contributed by atoms with E-state index in [0.717, 1.165) is 42.6 Å². The number of hydrogen-bond acceptors (Lipinski definition) is 4. The predicted octanol–water partition coefficient (Wildman–Crippen LogP) is 4.97. The second-order valence-electron chi connectivity index (χ2n) is 7.57. The lowest BCUT2D eigenvalue weighted by molar-refractivity contribution is 0.692. The molecule has 0 spiro atoms. The van der Waals surface area contributed by atoms with Crippen molar-refractivity contribution in [3.8, 4) is 0 Å². The first-order chi connectivity index (χ1) is 14.5. The number of aromatic nitrogens is 2. The minimum Gasteiger partial charge on any atom is -0.379 e. The average molecular weight is 421 g/mol. The molecule has 1 aromatic heterocycles. The summed E-state index contributed by atoms with van der Waals surface area (Å²) in [5.41, 5.74) is 6.07. The van der Waals surface area contributed by atoms with Crippen LogP contribution in [-0.2, 0) is 19.4 Å². The Morgan fingerprint density at radius 3 is 2.80 bits per heavy atom. The van der Waals surface area contributed by atoms with Crippen LogP contribution in [0, 0.1) is 6.92 Å². The van der Waals surface area contributed by atoms with Gasteiger partial charge in [-0.05, 0) is 67.1 Å². The van der Waals surface area contributed by atoms with Crippen molar-refractivity contribution in [1.29, 1.82) is 0 Å². The topological polar surface area (TPSA) is 59.3 Å². The Kier molecular flexibility index (Phi) is 6.00. The highest BCUT2D eigenvalue weighted by molar-refractivity contribution is 6.30. The van der Waals surface area contributed by atoms with Crippen molar-refractivity contribution in [2.24, 2.45) is 5.10 Å². The van der Waals surface area contributed by atoms with E-state index in [2.05, 4.69) is 37.4 Å². The van der Waals surface area contributed by atoms with Crippen molar-refractivity contribution >= 4 is 23.0 Å². The molecule has 1 N–H and O–H groups in total. The summed E-state index contributed by atoms with van der Waals surface area (Å²) < 4.78 is 1.47. The van der Waals surface area contributed by atoms with E-state index in [1.165, 1.54) is 15.8 Å². The third-order valence-electron chi connectivity index (χ3n) is 5.41. The summed E-state index contributed by atoms with van der Waals surface area (Å²) in [7, 11) is 0. The second kappa shape index (κ2) is 8.84. The molecule has 1 aliphatic heterocycles. The van der Waals surface area contributed by atoms with Crippen molar-refractivity contribution in [2.45, 2.75) is 46.1 Å². The molecule has 0 radical (unpaired) electrons. The molecule has 2 aromatic carbocycles. The zero-order chi connectivity index (χ0) is 21.1. The van der Waals surface area contributed by atoms with Crippen LogP contribution in [0.25, 0.3) is 0 Å². The first-order valence-corrected chi connectivity index (χ1v) is 10.7. The van der Waals surface area contributed by atoms with E-state index in [4.69, 9.17) is 21.7 Å². The van der Waals surface area contributed by atoms with Crippen LogP contribution in [0.4, 0.5) is 5.69 Å². The number of fused-ring (bicyclic) bond motifs is 1. The molecule has 0 unspecified atom stereocenters. The van der Waals surface area contributed by atoms with Gasteiger partial charge in [-0.3, -0.25) is 4.79 Å². The van der Waals surface area contributed by atoms with Crippen LogP contribution in [0.2, 0.25) is 5.02 Å². The highest BCUT2D eigenvalue weighted by Gasteiger charge is 2.16. The maximum atomic E-state index is 12.8. The van der Waals surface area contributed by atoms with E-state index >= 15 is 0 Å². The van der Waals surface area contributed by atoms with E-state index in [0.29, 0.717) is 23.1 Å². The minimum atomic E-state index is -0.148. The average Bonchev–Trinajstić information content (AvgIpc) is 2.96. The molecule has 2 heterocycles. The van der Waals surface area contributed by atoms with E-state index < -0.39 is 0 Å². The highest BCUT2D eigenvalue weighted by atomic mass is 35.5. The van der Waals surface area contributed by atoms with Gasteiger partial charge in [0.05, 0.1) is 18.0 Å². The Bertz CT molecular complexity index is 1170. The second-order valence-corrected chi connectivity index (χ2v) is 8.01. The van der Waals surface area contributed by atoms with Crippen LogP contribution in [0.1, 0.15) is 48.0 Å². The van der Waals surface area contributed by atoms with E-state index in [1.54, 1.807) is 6.07 Å². The zero-order valence-corrected chi connectivity index (χ0v) is 18.0. The molecule has 0 aliphatic carbocycles. The van der Waals surface area contributed by atoms with Crippen molar-refractivity contribution in [3.05, 3.63) is 92.1 Å². The van der Waals surface area contributed by atoms with E-state index in [-0.39, 0.29) is 5.56 Å². The Morgan fingerprint density at radius 1 is 1.13 bits per heavy atom. The van der Waals surface area contributed by atoms with Crippen LogP contribution < -0.4 is 10.9 Å². The quantitative estimate of drug-likeness (QED) is 0.634. The van der Waals surface area contributed by atoms with Gasteiger partial charge in [-0.15, -0.1) is 0 Å². The summed E-state index contributed by atoms with van der Waals surface area (Å²) in [6.07, 6.45) is 3.44. The van der Waals surface area contributed by atoms with Gasteiger partial charge in [0.25, 0.3) is 5.56 Å². The zero-order valence-electron chi connectivity index (χ0n) is 17.3. The van der Waals surface area contributed by atoms with Gasteiger partial charge < -0.3 is 5.32 Å². The van der Waals surface area contributed by atoms with Gasteiger partial charge in [0, 0.05) is 23.2 Å². The van der Waals surface area contributed by atoms with Crippen molar-refractivity contribution in [1.82, 2.24) is 9.66 Å². The van der Waals surface area contributed by atoms with Gasteiger partial charge in [0.15, 0.2) is 0 Å². The Labute approximate surface area is 181 Å². The number of halogens is 1. The SMILES string of the molecule is CCc1cc(C2=Nn3c(nc(CNc4cccc(Cl)c4)cc3=O)CCC2)ccc1C. The first kappa shape index (κ1) is 20.4. The van der Waals surface area contributed by atoms with Gasteiger partial charge in [-0.25, -0.2) is 4.98 Å². The standard InChI is InChI=1S/C24H25ClN4O/c1-3-17-12-18(11-10-16(17)2)22-8-5-9-23-27-21(14-24(30)29(23)28-22)15-26-20-7-4-6-19(25)13-20/h4,6-7,10-14,26H,3,5,8-9,15H2,1-2H3. The minimum absolute atomic E-state index is 0.148. The number of hydrogen-bond donors (Lipinski definition) is 1. The van der Waals surface area contributed by atoms with Gasteiger partial charge in [0.2, 0.25) is 0 Å². The number of rotatable bonds is 5. The number of aryl methyl sites for hydroxylation is 3. The summed E-state index contributed by atoms with van der Waals surface area (Å²) >= 11 is 6.03. The van der Waals surface area contributed by atoms with Gasteiger partial charge in [-0.2, -0.15) is 9.78 Å². The van der Waals surface area contributed by atoms with Gasteiger partial charge >= 0.3 is 0 Å². The van der Waals surface area contributed by atoms with E-state index in [1.807, 2.05) is 24.3 Å². The summed E-state index contributed by atoms with van der Waals surface area (Å²) in [6, 6.07) is 15.5. The Hall–Kier alpha value is -2.92. The summed E-state index contributed by atoms with van der Waals surface area (Å²) in [6.45, 7) is 4.74. The predicted molar refractivity (Wildman–Crippen MR) is 123 cm³/mol. The molecule has 0 atom stereocenters. The maximum Gasteiger partial charge on any atom is 0.274 e. The highest BCUT2D eigenvalue weighted by Crippen LogP contribution is 2.19. The lowest BCUT2D eigenvalue weighted by Gasteiger charge is -2.10. The fraction of sp³-hybridized carbons (Fsp3) is 0.292. The van der Waals surface area contributed by atoms with Crippen LogP contribution in [0.15, 0.2) is 58.4 Å². The van der Waals surface area contributed by atoms with Crippen molar-refractivity contribution in [3.63, 3.8) is 0 Å². The lowest BCUT2D eigenvalue weighted by Crippen LogP contribution is -2.23.